The molecule has 8 heteroatoms. The Labute approximate surface area is 163 Å². The van der Waals surface area contributed by atoms with E-state index in [0.717, 1.165) is 45.2 Å². The molecule has 0 saturated carbocycles. The number of aromatic nitrogens is 2. The number of ether oxygens (including phenoxy) is 2. The minimum Gasteiger partial charge on any atom is -0.454 e. The number of benzene rings is 1. The number of carbonyl (C=O) groups is 1. The highest BCUT2D eigenvalue weighted by Gasteiger charge is 2.24. The lowest BCUT2D eigenvalue weighted by Gasteiger charge is -2.23. The van der Waals surface area contributed by atoms with Gasteiger partial charge in [0, 0.05) is 10.2 Å². The Morgan fingerprint density at radius 2 is 2.08 bits per heavy atom. The molecule has 0 saturated heterocycles. The van der Waals surface area contributed by atoms with E-state index in [1.165, 1.54) is 5.57 Å². The number of hydrogen-bond donors (Lipinski definition) is 1. The Morgan fingerprint density at radius 1 is 1.31 bits per heavy atom. The van der Waals surface area contributed by atoms with Crippen LogP contribution >= 0.6 is 27.5 Å². The number of halogens is 1. The highest BCUT2D eigenvalue weighted by atomic mass is 79.9. The fraction of sp³-hybridized carbons (Fsp3) is 0.278. The molecule has 2 aliphatic rings. The standard InChI is InChI=1S/C18H16BrN3O3S/c1-9-5-11(20-18(23)17-10(2)21-22-26-17)3-4-12(9)13-6-15-16(7-14(13)19)25-8-24-15/h3-4,6-7,9H,5,8H2,1-2H3,(H,20,23). The lowest BCUT2D eigenvalue weighted by molar-refractivity contribution is 0.0967. The topological polar surface area (TPSA) is 73.3 Å². The molecule has 4 rings (SSSR count). The molecule has 1 aliphatic heterocycles. The molecule has 0 radical (unpaired) electrons. The first-order valence-corrected chi connectivity index (χ1v) is 9.70. The van der Waals surface area contributed by atoms with Crippen LogP contribution in [-0.4, -0.2) is 22.3 Å². The Morgan fingerprint density at radius 3 is 2.77 bits per heavy atom. The maximum atomic E-state index is 12.4. The summed E-state index contributed by atoms with van der Waals surface area (Å²) in [5.74, 6) is 1.60. The molecule has 2 heterocycles. The van der Waals surface area contributed by atoms with Gasteiger partial charge < -0.3 is 14.8 Å². The summed E-state index contributed by atoms with van der Waals surface area (Å²) in [6.07, 6.45) is 4.74. The van der Waals surface area contributed by atoms with Crippen molar-refractivity contribution in [3.05, 3.63) is 50.6 Å². The van der Waals surface area contributed by atoms with Crippen molar-refractivity contribution in [2.24, 2.45) is 5.92 Å². The molecular formula is C18H16BrN3O3S. The summed E-state index contributed by atoms with van der Waals surface area (Å²) in [4.78, 5) is 12.9. The van der Waals surface area contributed by atoms with Crippen LogP contribution in [0.5, 0.6) is 11.5 Å². The lowest BCUT2D eigenvalue weighted by Crippen LogP contribution is -2.25. The molecule has 1 aliphatic carbocycles. The fourth-order valence-electron chi connectivity index (χ4n) is 3.09. The average Bonchev–Trinajstić information content (AvgIpc) is 3.22. The van der Waals surface area contributed by atoms with Crippen molar-refractivity contribution in [2.45, 2.75) is 20.3 Å². The fourth-order valence-corrected chi connectivity index (χ4v) is 4.19. The van der Waals surface area contributed by atoms with Crippen LogP contribution in [0.25, 0.3) is 5.57 Å². The van der Waals surface area contributed by atoms with E-state index in [9.17, 15) is 4.79 Å². The van der Waals surface area contributed by atoms with Crippen LogP contribution < -0.4 is 14.8 Å². The predicted molar refractivity (Wildman–Crippen MR) is 102 cm³/mol. The Balaban J connectivity index is 1.58. The summed E-state index contributed by atoms with van der Waals surface area (Å²) >= 11 is 4.73. The van der Waals surface area contributed by atoms with E-state index in [1.807, 2.05) is 24.3 Å². The molecule has 6 nitrogen and oxygen atoms in total. The molecular weight excluding hydrogens is 418 g/mol. The van der Waals surface area contributed by atoms with E-state index in [-0.39, 0.29) is 18.6 Å². The van der Waals surface area contributed by atoms with Crippen molar-refractivity contribution in [3.63, 3.8) is 0 Å². The molecule has 0 fully saturated rings. The highest BCUT2D eigenvalue weighted by Crippen LogP contribution is 2.42. The van der Waals surface area contributed by atoms with Gasteiger partial charge in [0.05, 0.1) is 5.69 Å². The average molecular weight is 434 g/mol. The quantitative estimate of drug-likeness (QED) is 0.789. The number of amides is 1. The van der Waals surface area contributed by atoms with Gasteiger partial charge in [-0.3, -0.25) is 4.79 Å². The number of allylic oxidation sites excluding steroid dienone is 4. The van der Waals surface area contributed by atoms with Gasteiger partial charge in [0.25, 0.3) is 5.91 Å². The zero-order valence-electron chi connectivity index (χ0n) is 14.2. The molecule has 1 N–H and O–H groups in total. The van der Waals surface area contributed by atoms with Crippen LogP contribution in [0.2, 0.25) is 0 Å². The molecule has 1 aromatic heterocycles. The molecule has 1 aromatic carbocycles. The number of nitrogens with one attached hydrogen (secondary N) is 1. The number of nitrogens with zero attached hydrogens (tertiary/aromatic N) is 2. The van der Waals surface area contributed by atoms with E-state index >= 15 is 0 Å². The van der Waals surface area contributed by atoms with E-state index in [0.29, 0.717) is 10.6 Å². The van der Waals surface area contributed by atoms with E-state index < -0.39 is 0 Å². The molecule has 26 heavy (non-hydrogen) atoms. The van der Waals surface area contributed by atoms with Crippen molar-refractivity contribution in [2.75, 3.05) is 6.79 Å². The third kappa shape index (κ3) is 3.14. The molecule has 1 amide bonds. The summed E-state index contributed by atoms with van der Waals surface area (Å²) in [5, 5.41) is 6.86. The highest BCUT2D eigenvalue weighted by molar-refractivity contribution is 9.10. The number of aryl methyl sites for hydroxylation is 1. The molecule has 1 atom stereocenters. The molecule has 0 bridgehead atoms. The number of carbonyl (C=O) groups excluding carboxylic acids is 1. The molecule has 134 valence electrons. The Bertz CT molecular complexity index is 951. The third-order valence-corrected chi connectivity index (χ3v) is 5.91. The van der Waals surface area contributed by atoms with Gasteiger partial charge in [0.15, 0.2) is 11.5 Å². The summed E-state index contributed by atoms with van der Waals surface area (Å²) in [6.45, 7) is 4.18. The Kier molecular flexibility index (Phi) is 4.54. The van der Waals surface area contributed by atoms with Crippen LogP contribution in [0.1, 0.15) is 34.3 Å². The summed E-state index contributed by atoms with van der Waals surface area (Å²) < 4.78 is 15.7. The first-order chi connectivity index (χ1) is 12.5. The van der Waals surface area contributed by atoms with Gasteiger partial charge in [-0.1, -0.05) is 33.4 Å². The third-order valence-electron chi connectivity index (χ3n) is 4.43. The second kappa shape index (κ2) is 6.85. The van der Waals surface area contributed by atoms with Gasteiger partial charge in [-0.05, 0) is 60.1 Å². The Hall–Kier alpha value is -2.19. The largest absolute Gasteiger partial charge is 0.454 e. The van der Waals surface area contributed by atoms with Gasteiger partial charge in [-0.25, -0.2) is 0 Å². The first kappa shape index (κ1) is 17.2. The van der Waals surface area contributed by atoms with Crippen molar-refractivity contribution in [3.8, 4) is 11.5 Å². The van der Waals surface area contributed by atoms with Gasteiger partial charge in [0.2, 0.25) is 6.79 Å². The van der Waals surface area contributed by atoms with Crippen molar-refractivity contribution in [1.82, 2.24) is 14.9 Å². The summed E-state index contributed by atoms with van der Waals surface area (Å²) in [6, 6.07) is 3.93. The summed E-state index contributed by atoms with van der Waals surface area (Å²) in [7, 11) is 0. The SMILES string of the molecule is Cc1nnsc1C(=O)NC1=CC=C(c2cc3c(cc2Br)OCO3)C(C)C1. The monoisotopic (exact) mass is 433 g/mol. The zero-order chi connectivity index (χ0) is 18.3. The maximum Gasteiger partial charge on any atom is 0.269 e. The van der Waals surface area contributed by atoms with Crippen molar-refractivity contribution in [1.29, 1.82) is 0 Å². The van der Waals surface area contributed by atoms with Gasteiger partial charge in [0.1, 0.15) is 4.88 Å². The lowest BCUT2D eigenvalue weighted by atomic mass is 9.86. The van der Waals surface area contributed by atoms with Crippen LogP contribution in [0.3, 0.4) is 0 Å². The number of fused-ring (bicyclic) bond motifs is 1. The van der Waals surface area contributed by atoms with E-state index in [1.54, 1.807) is 6.92 Å². The second-order valence-corrected chi connectivity index (χ2v) is 7.85. The smallest absolute Gasteiger partial charge is 0.269 e. The van der Waals surface area contributed by atoms with Crippen LogP contribution in [0.15, 0.2) is 34.5 Å². The second-order valence-electron chi connectivity index (χ2n) is 6.25. The van der Waals surface area contributed by atoms with Crippen LogP contribution in [0.4, 0.5) is 0 Å². The van der Waals surface area contributed by atoms with Crippen molar-refractivity contribution < 1.29 is 14.3 Å². The predicted octanol–water partition coefficient (Wildman–Crippen LogP) is 4.07. The maximum absolute atomic E-state index is 12.4. The molecule has 2 aromatic rings. The minimum atomic E-state index is -0.155. The minimum absolute atomic E-state index is 0.155. The van der Waals surface area contributed by atoms with Gasteiger partial charge in [-0.2, -0.15) is 0 Å². The molecule has 1 unspecified atom stereocenters. The van der Waals surface area contributed by atoms with Crippen molar-refractivity contribution >= 4 is 38.9 Å². The first-order valence-electron chi connectivity index (χ1n) is 8.13. The van der Waals surface area contributed by atoms with E-state index in [2.05, 4.69) is 37.8 Å². The summed E-state index contributed by atoms with van der Waals surface area (Å²) in [5.41, 5.74) is 3.79. The van der Waals surface area contributed by atoms with Gasteiger partial charge >= 0.3 is 0 Å². The van der Waals surface area contributed by atoms with Crippen LogP contribution in [-0.2, 0) is 0 Å². The van der Waals surface area contributed by atoms with E-state index in [4.69, 9.17) is 9.47 Å². The number of hydrogen-bond acceptors (Lipinski definition) is 6. The molecule has 0 spiro atoms. The zero-order valence-corrected chi connectivity index (χ0v) is 16.6. The van der Waals surface area contributed by atoms with Crippen LogP contribution in [0, 0.1) is 12.8 Å². The van der Waals surface area contributed by atoms with Gasteiger partial charge in [-0.15, -0.1) is 5.10 Å². The normalized spacial score (nSPS) is 18.3. The number of rotatable bonds is 3.